The molecule has 2 rings (SSSR count). The van der Waals surface area contributed by atoms with Gasteiger partial charge in [0.1, 0.15) is 5.75 Å². The summed E-state index contributed by atoms with van der Waals surface area (Å²) < 4.78 is 5.76. The molecule has 1 aliphatic rings. The van der Waals surface area contributed by atoms with Gasteiger partial charge in [0, 0.05) is 12.6 Å². The Hall–Kier alpha value is -1.81. The molecule has 2 atom stereocenters. The summed E-state index contributed by atoms with van der Waals surface area (Å²) in [5.74, 6) is 0.631. The van der Waals surface area contributed by atoms with Crippen LogP contribution >= 0.6 is 0 Å². The predicted octanol–water partition coefficient (Wildman–Crippen LogP) is 1.70. The third-order valence-electron chi connectivity index (χ3n) is 3.37. The number of nitrogens with one attached hydrogen (secondary N) is 1. The van der Waals surface area contributed by atoms with Crippen LogP contribution in [0.25, 0.3) is 0 Å². The number of carbonyl (C=O) groups is 1. The number of amides is 1. The first-order valence-corrected chi connectivity index (χ1v) is 6.56. The molecule has 4 nitrogen and oxygen atoms in total. The van der Waals surface area contributed by atoms with E-state index in [1.807, 2.05) is 18.2 Å². The highest BCUT2D eigenvalue weighted by Crippen LogP contribution is 2.35. The molecule has 102 valence electrons. The fourth-order valence-corrected chi connectivity index (χ4v) is 2.32. The van der Waals surface area contributed by atoms with Crippen molar-refractivity contribution in [2.45, 2.75) is 31.9 Å². The van der Waals surface area contributed by atoms with Gasteiger partial charge < -0.3 is 15.8 Å². The van der Waals surface area contributed by atoms with E-state index in [0.29, 0.717) is 6.54 Å². The smallest absolute Gasteiger partial charge is 0.261 e. The second-order valence-corrected chi connectivity index (χ2v) is 4.76. The monoisotopic (exact) mass is 260 g/mol. The Bertz CT molecular complexity index is 485. The normalized spacial score (nSPS) is 18.5. The summed E-state index contributed by atoms with van der Waals surface area (Å²) in [5, 5.41) is 2.72. The number of benzene rings is 1. The van der Waals surface area contributed by atoms with Gasteiger partial charge in [-0.25, -0.2) is 0 Å². The Kier molecular flexibility index (Phi) is 4.22. The molecule has 0 radical (unpaired) electrons. The van der Waals surface area contributed by atoms with E-state index in [0.717, 1.165) is 29.7 Å². The molecule has 4 heteroatoms. The van der Waals surface area contributed by atoms with Gasteiger partial charge in [0.05, 0.1) is 0 Å². The van der Waals surface area contributed by atoms with E-state index in [2.05, 4.69) is 11.9 Å². The molecular weight excluding hydrogens is 240 g/mol. The van der Waals surface area contributed by atoms with Crippen LogP contribution in [0, 0.1) is 0 Å². The van der Waals surface area contributed by atoms with E-state index in [-0.39, 0.29) is 11.9 Å². The van der Waals surface area contributed by atoms with Crippen molar-refractivity contribution in [2.75, 3.05) is 6.54 Å². The summed E-state index contributed by atoms with van der Waals surface area (Å²) in [6.45, 7) is 5.75. The molecule has 0 saturated heterocycles. The minimum Gasteiger partial charge on any atom is -0.481 e. The van der Waals surface area contributed by atoms with E-state index in [9.17, 15) is 4.79 Å². The number of rotatable bonds is 5. The molecule has 1 aromatic rings. The SMILES string of the molecule is C=CCNC(=O)C(C)Oc1cccc2c1CCC2N. The molecule has 1 aliphatic carbocycles. The average molecular weight is 260 g/mol. The number of hydrogen-bond donors (Lipinski definition) is 2. The van der Waals surface area contributed by atoms with Gasteiger partial charge in [0.25, 0.3) is 5.91 Å². The van der Waals surface area contributed by atoms with E-state index >= 15 is 0 Å². The van der Waals surface area contributed by atoms with Gasteiger partial charge in [-0.3, -0.25) is 4.79 Å². The number of ether oxygens (including phenoxy) is 1. The fourth-order valence-electron chi connectivity index (χ4n) is 2.32. The Morgan fingerprint density at radius 3 is 3.21 bits per heavy atom. The van der Waals surface area contributed by atoms with Crippen LogP contribution in [0.1, 0.15) is 30.5 Å². The lowest BCUT2D eigenvalue weighted by molar-refractivity contribution is -0.127. The zero-order chi connectivity index (χ0) is 13.8. The van der Waals surface area contributed by atoms with Crippen LogP contribution in [0.5, 0.6) is 5.75 Å². The van der Waals surface area contributed by atoms with Crippen molar-refractivity contribution in [1.29, 1.82) is 0 Å². The van der Waals surface area contributed by atoms with Crippen molar-refractivity contribution in [3.63, 3.8) is 0 Å². The maximum atomic E-state index is 11.8. The molecule has 0 aliphatic heterocycles. The van der Waals surface area contributed by atoms with Gasteiger partial charge >= 0.3 is 0 Å². The van der Waals surface area contributed by atoms with Gasteiger partial charge in [-0.1, -0.05) is 18.2 Å². The first kappa shape index (κ1) is 13.6. The van der Waals surface area contributed by atoms with Crippen LogP contribution in [0.4, 0.5) is 0 Å². The molecule has 3 N–H and O–H groups in total. The highest BCUT2D eigenvalue weighted by atomic mass is 16.5. The fraction of sp³-hybridized carbons (Fsp3) is 0.400. The van der Waals surface area contributed by atoms with Crippen LogP contribution < -0.4 is 15.8 Å². The van der Waals surface area contributed by atoms with Gasteiger partial charge in [-0.2, -0.15) is 0 Å². The molecule has 0 fully saturated rings. The van der Waals surface area contributed by atoms with E-state index < -0.39 is 6.10 Å². The second kappa shape index (κ2) is 5.89. The summed E-state index contributed by atoms with van der Waals surface area (Å²) in [7, 11) is 0. The first-order valence-electron chi connectivity index (χ1n) is 6.56. The maximum absolute atomic E-state index is 11.8. The first-order chi connectivity index (χ1) is 9.13. The maximum Gasteiger partial charge on any atom is 0.261 e. The molecule has 0 aromatic heterocycles. The molecule has 0 saturated carbocycles. The predicted molar refractivity (Wildman–Crippen MR) is 75.0 cm³/mol. The summed E-state index contributed by atoms with van der Waals surface area (Å²) in [5.41, 5.74) is 8.30. The molecule has 0 bridgehead atoms. The zero-order valence-corrected chi connectivity index (χ0v) is 11.2. The van der Waals surface area contributed by atoms with E-state index in [1.54, 1.807) is 13.0 Å². The van der Waals surface area contributed by atoms with Gasteiger partial charge in [0.2, 0.25) is 0 Å². The Balaban J connectivity index is 2.08. The highest BCUT2D eigenvalue weighted by molar-refractivity contribution is 5.80. The van der Waals surface area contributed by atoms with Crippen LogP contribution in [0.3, 0.4) is 0 Å². The second-order valence-electron chi connectivity index (χ2n) is 4.76. The third-order valence-corrected chi connectivity index (χ3v) is 3.37. The van der Waals surface area contributed by atoms with Crippen molar-refractivity contribution in [3.8, 4) is 5.75 Å². The van der Waals surface area contributed by atoms with E-state index in [1.165, 1.54) is 0 Å². The highest BCUT2D eigenvalue weighted by Gasteiger charge is 2.24. The minimum absolute atomic E-state index is 0.0865. The quantitative estimate of drug-likeness (QED) is 0.792. The van der Waals surface area contributed by atoms with Crippen LogP contribution in [-0.2, 0) is 11.2 Å². The number of nitrogens with two attached hydrogens (primary N) is 1. The lowest BCUT2D eigenvalue weighted by Gasteiger charge is -2.17. The van der Waals surface area contributed by atoms with E-state index in [4.69, 9.17) is 10.5 Å². The number of fused-ring (bicyclic) bond motifs is 1. The van der Waals surface area contributed by atoms with Crippen molar-refractivity contribution in [3.05, 3.63) is 42.0 Å². The van der Waals surface area contributed by atoms with Crippen molar-refractivity contribution in [2.24, 2.45) is 5.73 Å². The van der Waals surface area contributed by atoms with Crippen molar-refractivity contribution in [1.82, 2.24) is 5.32 Å². The van der Waals surface area contributed by atoms with Gasteiger partial charge in [-0.05, 0) is 37.0 Å². The third kappa shape index (κ3) is 2.96. The van der Waals surface area contributed by atoms with Crippen molar-refractivity contribution >= 4 is 5.91 Å². The largest absolute Gasteiger partial charge is 0.481 e. The Morgan fingerprint density at radius 1 is 1.68 bits per heavy atom. The molecule has 1 aromatic carbocycles. The van der Waals surface area contributed by atoms with Crippen LogP contribution in [0.2, 0.25) is 0 Å². The van der Waals surface area contributed by atoms with Crippen molar-refractivity contribution < 1.29 is 9.53 Å². The zero-order valence-electron chi connectivity index (χ0n) is 11.2. The molecule has 0 heterocycles. The lowest BCUT2D eigenvalue weighted by Crippen LogP contribution is -2.36. The van der Waals surface area contributed by atoms with Crippen LogP contribution in [0.15, 0.2) is 30.9 Å². The topological polar surface area (TPSA) is 64.3 Å². The molecule has 19 heavy (non-hydrogen) atoms. The lowest BCUT2D eigenvalue weighted by atomic mass is 10.1. The molecular formula is C15H20N2O2. The van der Waals surface area contributed by atoms with Crippen LogP contribution in [-0.4, -0.2) is 18.6 Å². The number of carbonyl (C=O) groups excluding carboxylic acids is 1. The average Bonchev–Trinajstić information content (AvgIpc) is 2.79. The summed E-state index contributed by atoms with van der Waals surface area (Å²) >= 11 is 0. The summed E-state index contributed by atoms with van der Waals surface area (Å²) in [6, 6.07) is 5.94. The molecule has 1 amide bonds. The minimum atomic E-state index is -0.525. The standard InChI is InChI=1S/C15H20N2O2/c1-3-9-17-15(18)10(2)19-14-6-4-5-11-12(14)7-8-13(11)16/h3-6,10,13H,1,7-9,16H2,2H3,(H,17,18). The number of hydrogen-bond acceptors (Lipinski definition) is 3. The summed E-state index contributed by atoms with van der Waals surface area (Å²) in [6.07, 6.45) is 2.97. The molecule has 0 spiro atoms. The summed E-state index contributed by atoms with van der Waals surface area (Å²) in [4.78, 5) is 11.8. The Labute approximate surface area is 113 Å². The van der Waals surface area contributed by atoms with Gasteiger partial charge in [0.15, 0.2) is 6.10 Å². The Morgan fingerprint density at radius 2 is 2.47 bits per heavy atom. The molecule has 2 unspecified atom stereocenters. The van der Waals surface area contributed by atoms with Gasteiger partial charge in [-0.15, -0.1) is 6.58 Å².